The molecule has 0 aromatic rings. The second-order valence-corrected chi connectivity index (χ2v) is 8.49. The third-order valence-corrected chi connectivity index (χ3v) is 4.98. The van der Waals surface area contributed by atoms with E-state index >= 15 is 0 Å². The first-order valence-electron chi connectivity index (χ1n) is 9.54. The average molecular weight is 341 g/mol. The molecule has 0 bridgehead atoms. The number of hydrogen-bond donors (Lipinski definition) is 0. The van der Waals surface area contributed by atoms with Gasteiger partial charge in [0.15, 0.2) is 0 Å². The van der Waals surface area contributed by atoms with Gasteiger partial charge in [-0.05, 0) is 59.8 Å². The molecule has 1 aliphatic rings. The van der Waals surface area contributed by atoms with Gasteiger partial charge in [0.1, 0.15) is 12.2 Å². The number of carbonyl (C=O) groups is 2. The van der Waals surface area contributed by atoms with Gasteiger partial charge in [-0.3, -0.25) is 9.59 Å². The fraction of sp³-hybridized carbons (Fsp3) is 0.900. The molecule has 1 saturated carbocycles. The van der Waals surface area contributed by atoms with E-state index in [1.165, 1.54) is 0 Å². The van der Waals surface area contributed by atoms with Gasteiger partial charge in [-0.25, -0.2) is 0 Å². The van der Waals surface area contributed by atoms with Crippen molar-refractivity contribution in [2.75, 3.05) is 0 Å². The SMILES string of the molecule is CCCC(C)(C)C(=O)OC1CCCC(OC(=O)C(C)(C)CCC)C1. The molecule has 0 radical (unpaired) electrons. The van der Waals surface area contributed by atoms with Gasteiger partial charge in [0.05, 0.1) is 10.8 Å². The molecule has 24 heavy (non-hydrogen) atoms. The van der Waals surface area contributed by atoms with Gasteiger partial charge in [-0.2, -0.15) is 0 Å². The minimum atomic E-state index is -0.443. The zero-order chi connectivity index (χ0) is 18.4. The lowest BCUT2D eigenvalue weighted by Crippen LogP contribution is -2.37. The highest BCUT2D eigenvalue weighted by Gasteiger charge is 2.35. The Balaban J connectivity index is 2.55. The van der Waals surface area contributed by atoms with Crippen LogP contribution in [0.15, 0.2) is 0 Å². The number of rotatable bonds is 8. The summed E-state index contributed by atoms with van der Waals surface area (Å²) >= 11 is 0. The standard InChI is InChI=1S/C20H36O4/c1-7-12-19(3,4)17(21)23-15-10-9-11-16(14-15)24-18(22)20(5,6)13-8-2/h15-16H,7-14H2,1-6H3. The van der Waals surface area contributed by atoms with Crippen LogP contribution in [0.3, 0.4) is 0 Å². The highest BCUT2D eigenvalue weighted by Crippen LogP contribution is 2.31. The minimum Gasteiger partial charge on any atom is -0.462 e. The van der Waals surface area contributed by atoms with Crippen LogP contribution in [0.5, 0.6) is 0 Å². The second-order valence-electron chi connectivity index (χ2n) is 8.49. The van der Waals surface area contributed by atoms with E-state index < -0.39 is 10.8 Å². The Morgan fingerprint density at radius 1 is 0.833 bits per heavy atom. The van der Waals surface area contributed by atoms with Gasteiger partial charge in [-0.1, -0.05) is 26.7 Å². The molecule has 0 saturated heterocycles. The van der Waals surface area contributed by atoms with Crippen LogP contribution in [0, 0.1) is 10.8 Å². The normalized spacial score (nSPS) is 22.1. The molecule has 1 aliphatic carbocycles. The van der Waals surface area contributed by atoms with Crippen molar-refractivity contribution in [2.24, 2.45) is 10.8 Å². The summed E-state index contributed by atoms with van der Waals surface area (Å²) in [5.74, 6) is -0.264. The van der Waals surface area contributed by atoms with Gasteiger partial charge >= 0.3 is 11.9 Å². The number of esters is 2. The highest BCUT2D eigenvalue weighted by atomic mass is 16.6. The zero-order valence-corrected chi connectivity index (χ0v) is 16.4. The summed E-state index contributed by atoms with van der Waals surface area (Å²) in [5, 5.41) is 0. The summed E-state index contributed by atoms with van der Waals surface area (Å²) in [4.78, 5) is 24.7. The third-order valence-electron chi connectivity index (χ3n) is 4.98. The van der Waals surface area contributed by atoms with Crippen LogP contribution in [-0.4, -0.2) is 24.1 Å². The topological polar surface area (TPSA) is 52.6 Å². The van der Waals surface area contributed by atoms with Crippen molar-refractivity contribution in [3.05, 3.63) is 0 Å². The quantitative estimate of drug-likeness (QED) is 0.581. The first-order chi connectivity index (χ1) is 11.1. The van der Waals surface area contributed by atoms with Crippen molar-refractivity contribution in [1.82, 2.24) is 0 Å². The summed E-state index contributed by atoms with van der Waals surface area (Å²) < 4.78 is 11.4. The van der Waals surface area contributed by atoms with E-state index in [1.54, 1.807) is 0 Å². The molecule has 1 rings (SSSR count). The molecule has 2 unspecified atom stereocenters. The zero-order valence-electron chi connectivity index (χ0n) is 16.4. The summed E-state index contributed by atoms with van der Waals surface area (Å²) in [7, 11) is 0. The van der Waals surface area contributed by atoms with Gasteiger partial charge in [0.2, 0.25) is 0 Å². The predicted molar refractivity (Wildman–Crippen MR) is 95.6 cm³/mol. The van der Waals surface area contributed by atoms with Crippen LogP contribution in [0.4, 0.5) is 0 Å². The minimum absolute atomic E-state index is 0.130. The Hall–Kier alpha value is -1.06. The van der Waals surface area contributed by atoms with Crippen LogP contribution in [0.1, 0.15) is 92.9 Å². The van der Waals surface area contributed by atoms with E-state index in [0.717, 1.165) is 44.9 Å². The molecule has 4 nitrogen and oxygen atoms in total. The Morgan fingerprint density at radius 3 is 1.54 bits per heavy atom. The highest BCUT2D eigenvalue weighted by molar-refractivity contribution is 5.76. The molecule has 0 aliphatic heterocycles. The molecule has 0 N–H and O–H groups in total. The summed E-state index contributed by atoms with van der Waals surface area (Å²) in [6.07, 6.45) is 6.58. The van der Waals surface area contributed by atoms with Crippen molar-refractivity contribution in [3.8, 4) is 0 Å². The Morgan fingerprint density at radius 2 is 1.21 bits per heavy atom. The molecule has 0 spiro atoms. The lowest BCUT2D eigenvalue weighted by molar-refractivity contribution is -0.170. The largest absolute Gasteiger partial charge is 0.462 e. The van der Waals surface area contributed by atoms with Crippen LogP contribution < -0.4 is 0 Å². The van der Waals surface area contributed by atoms with Crippen LogP contribution >= 0.6 is 0 Å². The lowest BCUT2D eigenvalue weighted by Gasteiger charge is -2.33. The van der Waals surface area contributed by atoms with Gasteiger partial charge < -0.3 is 9.47 Å². The van der Waals surface area contributed by atoms with E-state index in [2.05, 4.69) is 13.8 Å². The van der Waals surface area contributed by atoms with E-state index in [-0.39, 0.29) is 24.1 Å². The second kappa shape index (κ2) is 8.87. The maximum absolute atomic E-state index is 12.4. The average Bonchev–Trinajstić information content (AvgIpc) is 2.47. The van der Waals surface area contributed by atoms with Crippen molar-refractivity contribution >= 4 is 11.9 Å². The first-order valence-corrected chi connectivity index (χ1v) is 9.54. The molecule has 0 aromatic carbocycles. The molecular formula is C20H36O4. The lowest BCUT2D eigenvalue weighted by atomic mass is 9.87. The fourth-order valence-electron chi connectivity index (χ4n) is 3.39. The number of hydrogen-bond acceptors (Lipinski definition) is 4. The van der Waals surface area contributed by atoms with Crippen molar-refractivity contribution in [2.45, 2.75) is 105 Å². The van der Waals surface area contributed by atoms with Crippen LogP contribution in [0.25, 0.3) is 0 Å². The van der Waals surface area contributed by atoms with Gasteiger partial charge in [0.25, 0.3) is 0 Å². The maximum Gasteiger partial charge on any atom is 0.311 e. The van der Waals surface area contributed by atoms with Crippen molar-refractivity contribution in [1.29, 1.82) is 0 Å². The van der Waals surface area contributed by atoms with Crippen LogP contribution in [0.2, 0.25) is 0 Å². The first kappa shape index (κ1) is 21.0. The molecule has 0 heterocycles. The number of ether oxygens (including phenoxy) is 2. The summed E-state index contributed by atoms with van der Waals surface area (Å²) in [6, 6.07) is 0. The Bertz CT molecular complexity index is 387. The van der Waals surface area contributed by atoms with Crippen molar-refractivity contribution in [3.63, 3.8) is 0 Å². The summed E-state index contributed by atoms with van der Waals surface area (Å²) in [5.41, 5.74) is -0.886. The van der Waals surface area contributed by atoms with E-state index in [0.29, 0.717) is 6.42 Å². The molecule has 140 valence electrons. The fourth-order valence-corrected chi connectivity index (χ4v) is 3.39. The third kappa shape index (κ3) is 6.10. The van der Waals surface area contributed by atoms with E-state index in [4.69, 9.17) is 9.47 Å². The molecule has 2 atom stereocenters. The summed E-state index contributed by atoms with van der Waals surface area (Å²) in [6.45, 7) is 11.9. The smallest absolute Gasteiger partial charge is 0.311 e. The van der Waals surface area contributed by atoms with Gasteiger partial charge in [-0.15, -0.1) is 0 Å². The Kier molecular flexibility index (Phi) is 7.75. The Labute approximate surface area is 147 Å². The molecule has 4 heteroatoms. The monoisotopic (exact) mass is 340 g/mol. The van der Waals surface area contributed by atoms with Crippen LogP contribution in [-0.2, 0) is 19.1 Å². The van der Waals surface area contributed by atoms with Crippen molar-refractivity contribution < 1.29 is 19.1 Å². The predicted octanol–water partition coefficient (Wildman–Crippen LogP) is 5.04. The van der Waals surface area contributed by atoms with Gasteiger partial charge in [0, 0.05) is 6.42 Å². The molecule has 1 fully saturated rings. The van der Waals surface area contributed by atoms with E-state index in [9.17, 15) is 9.59 Å². The van der Waals surface area contributed by atoms with E-state index in [1.807, 2.05) is 27.7 Å². The maximum atomic E-state index is 12.4. The number of carbonyl (C=O) groups excluding carboxylic acids is 2. The molecule has 0 amide bonds. The molecule has 0 aromatic heterocycles. The molecular weight excluding hydrogens is 304 g/mol.